The third-order valence-electron chi connectivity index (χ3n) is 3.03. The molecule has 6 nitrogen and oxygen atoms in total. The van der Waals surface area contributed by atoms with E-state index in [1.807, 2.05) is 45.0 Å². The molecule has 0 radical (unpaired) electrons. The molecule has 0 fully saturated rings. The van der Waals surface area contributed by atoms with Crippen molar-refractivity contribution >= 4 is 17.4 Å². The Hall–Kier alpha value is -2.24. The summed E-state index contributed by atoms with van der Waals surface area (Å²) in [7, 11) is 3.87. The number of hydrogen-bond acceptors (Lipinski definition) is 4. The summed E-state index contributed by atoms with van der Waals surface area (Å²) in [6, 6.07) is 6.72. The van der Waals surface area contributed by atoms with E-state index in [1.165, 1.54) is 0 Å². The zero-order valence-corrected chi connectivity index (χ0v) is 12.3. The summed E-state index contributed by atoms with van der Waals surface area (Å²) in [6.45, 7) is 3.77. The van der Waals surface area contributed by atoms with Crippen LogP contribution in [0.15, 0.2) is 29.4 Å². The molecule has 0 bridgehead atoms. The van der Waals surface area contributed by atoms with Crippen LogP contribution in [0.25, 0.3) is 0 Å². The minimum atomic E-state index is -0.499. The van der Waals surface area contributed by atoms with Crippen LogP contribution in [0.5, 0.6) is 0 Å². The van der Waals surface area contributed by atoms with Crippen LogP contribution in [0, 0.1) is 5.92 Å². The van der Waals surface area contributed by atoms with E-state index >= 15 is 0 Å². The van der Waals surface area contributed by atoms with Gasteiger partial charge in [-0.05, 0) is 30.2 Å². The van der Waals surface area contributed by atoms with Crippen molar-refractivity contribution in [3.63, 3.8) is 0 Å². The van der Waals surface area contributed by atoms with Crippen LogP contribution < -0.4 is 16.0 Å². The summed E-state index contributed by atoms with van der Waals surface area (Å²) >= 11 is 0. The molecule has 6 heteroatoms. The third-order valence-corrected chi connectivity index (χ3v) is 3.03. The summed E-state index contributed by atoms with van der Waals surface area (Å²) in [5.74, 6) is -0.227. The zero-order valence-electron chi connectivity index (χ0n) is 12.3. The maximum absolute atomic E-state index is 12.1. The van der Waals surface area contributed by atoms with Crippen molar-refractivity contribution in [2.24, 2.45) is 16.8 Å². The van der Waals surface area contributed by atoms with Crippen molar-refractivity contribution in [2.45, 2.75) is 19.9 Å². The van der Waals surface area contributed by atoms with E-state index in [0.717, 1.165) is 5.69 Å². The first-order valence-corrected chi connectivity index (χ1v) is 6.42. The Morgan fingerprint density at radius 3 is 2.25 bits per heavy atom. The van der Waals surface area contributed by atoms with E-state index in [1.54, 1.807) is 12.1 Å². The monoisotopic (exact) mass is 278 g/mol. The van der Waals surface area contributed by atoms with Gasteiger partial charge in [0.2, 0.25) is 0 Å². The Balaban J connectivity index is 2.84. The molecule has 1 atom stereocenters. The summed E-state index contributed by atoms with van der Waals surface area (Å²) in [5.41, 5.74) is 7.13. The first kappa shape index (κ1) is 15.8. The largest absolute Gasteiger partial charge is 0.409 e. The average Bonchev–Trinajstić information content (AvgIpc) is 2.43. The van der Waals surface area contributed by atoms with Crippen LogP contribution in [0.1, 0.15) is 24.2 Å². The normalized spacial score (nSPS) is 13.2. The van der Waals surface area contributed by atoms with Crippen LogP contribution in [-0.4, -0.2) is 37.1 Å². The van der Waals surface area contributed by atoms with Crippen LogP contribution in [0.2, 0.25) is 0 Å². The molecular weight excluding hydrogens is 256 g/mol. The Morgan fingerprint density at radius 2 is 1.85 bits per heavy atom. The van der Waals surface area contributed by atoms with E-state index in [4.69, 9.17) is 10.9 Å². The molecule has 1 rings (SSSR count). The second-order valence-electron chi connectivity index (χ2n) is 5.16. The maximum Gasteiger partial charge on any atom is 0.251 e. The fourth-order valence-electron chi connectivity index (χ4n) is 1.78. The first-order chi connectivity index (χ1) is 9.36. The van der Waals surface area contributed by atoms with Crippen molar-refractivity contribution in [1.29, 1.82) is 0 Å². The molecule has 0 aromatic heterocycles. The number of rotatable bonds is 5. The molecule has 110 valence electrons. The molecular formula is C14H22N4O2. The Kier molecular flexibility index (Phi) is 5.37. The summed E-state index contributed by atoms with van der Waals surface area (Å²) < 4.78 is 0. The fourth-order valence-corrected chi connectivity index (χ4v) is 1.78. The molecule has 4 N–H and O–H groups in total. The fraction of sp³-hybridized carbons (Fsp3) is 0.429. The highest BCUT2D eigenvalue weighted by molar-refractivity contribution is 5.98. The number of amidine groups is 1. The molecule has 1 aromatic rings. The molecule has 0 saturated carbocycles. The lowest BCUT2D eigenvalue weighted by Gasteiger charge is -2.21. The molecule has 0 spiro atoms. The molecule has 0 heterocycles. The number of carbonyl (C=O) groups excluding carboxylic acids is 1. The van der Waals surface area contributed by atoms with Crippen molar-refractivity contribution in [3.05, 3.63) is 29.8 Å². The number of benzene rings is 1. The lowest BCUT2D eigenvalue weighted by Crippen LogP contribution is -2.47. The summed E-state index contributed by atoms with van der Waals surface area (Å²) in [4.78, 5) is 14.1. The SMILES string of the molecule is CC(C)C(NC(=O)c1ccc(N(C)C)cc1)C(N)=NO. The van der Waals surface area contributed by atoms with Gasteiger partial charge in [0.25, 0.3) is 5.91 Å². The molecule has 0 aliphatic heterocycles. The predicted molar refractivity (Wildman–Crippen MR) is 80.3 cm³/mol. The van der Waals surface area contributed by atoms with Gasteiger partial charge in [-0.1, -0.05) is 19.0 Å². The lowest BCUT2D eigenvalue weighted by molar-refractivity contribution is 0.0939. The molecule has 0 saturated heterocycles. The van der Waals surface area contributed by atoms with Gasteiger partial charge in [0.15, 0.2) is 5.84 Å². The number of carbonyl (C=O) groups is 1. The third kappa shape index (κ3) is 3.88. The van der Waals surface area contributed by atoms with Gasteiger partial charge in [0, 0.05) is 25.3 Å². The molecule has 0 aliphatic carbocycles. The van der Waals surface area contributed by atoms with Crippen LogP contribution in [0.3, 0.4) is 0 Å². The van der Waals surface area contributed by atoms with E-state index in [2.05, 4.69) is 10.5 Å². The quantitative estimate of drug-likeness (QED) is 0.327. The highest BCUT2D eigenvalue weighted by Crippen LogP contribution is 2.13. The number of nitrogens with one attached hydrogen (secondary N) is 1. The van der Waals surface area contributed by atoms with E-state index in [9.17, 15) is 4.79 Å². The minimum Gasteiger partial charge on any atom is -0.409 e. The van der Waals surface area contributed by atoms with Gasteiger partial charge in [-0.25, -0.2) is 0 Å². The maximum atomic E-state index is 12.1. The number of hydrogen-bond donors (Lipinski definition) is 3. The highest BCUT2D eigenvalue weighted by Gasteiger charge is 2.21. The van der Waals surface area contributed by atoms with Crippen molar-refractivity contribution < 1.29 is 10.0 Å². The second kappa shape index (κ2) is 6.79. The van der Waals surface area contributed by atoms with Gasteiger partial charge in [-0.15, -0.1) is 0 Å². The molecule has 20 heavy (non-hydrogen) atoms. The number of oxime groups is 1. The standard InChI is InChI=1S/C14H22N4O2/c1-9(2)12(13(15)17-20)16-14(19)10-5-7-11(8-6-10)18(3)4/h5-9,12,20H,1-4H3,(H2,15,17)(H,16,19). The Labute approximate surface area is 119 Å². The van der Waals surface area contributed by atoms with Gasteiger partial charge in [-0.3, -0.25) is 4.79 Å². The predicted octanol–water partition coefficient (Wildman–Crippen LogP) is 1.25. The Bertz CT molecular complexity index is 480. The average molecular weight is 278 g/mol. The molecule has 1 amide bonds. The van der Waals surface area contributed by atoms with Gasteiger partial charge >= 0.3 is 0 Å². The lowest BCUT2D eigenvalue weighted by atomic mass is 10.0. The van der Waals surface area contributed by atoms with Crippen LogP contribution in [0.4, 0.5) is 5.69 Å². The van der Waals surface area contributed by atoms with Gasteiger partial charge in [0.1, 0.15) is 0 Å². The number of amides is 1. The van der Waals surface area contributed by atoms with Crippen LogP contribution in [-0.2, 0) is 0 Å². The number of anilines is 1. The zero-order chi connectivity index (χ0) is 15.3. The van der Waals surface area contributed by atoms with Crippen molar-refractivity contribution in [1.82, 2.24) is 5.32 Å². The minimum absolute atomic E-state index is 0.00161. The highest BCUT2D eigenvalue weighted by atomic mass is 16.4. The van der Waals surface area contributed by atoms with E-state index in [0.29, 0.717) is 5.56 Å². The summed E-state index contributed by atoms with van der Waals surface area (Å²) in [5, 5.41) is 14.5. The van der Waals surface area contributed by atoms with Crippen LogP contribution >= 0.6 is 0 Å². The molecule has 0 aliphatic rings. The number of nitrogens with two attached hydrogens (primary N) is 1. The molecule has 1 unspecified atom stereocenters. The molecule has 1 aromatic carbocycles. The Morgan fingerprint density at radius 1 is 1.30 bits per heavy atom. The summed E-state index contributed by atoms with van der Waals surface area (Å²) in [6.07, 6.45) is 0. The van der Waals surface area contributed by atoms with Crippen molar-refractivity contribution in [3.8, 4) is 0 Å². The van der Waals surface area contributed by atoms with Crippen molar-refractivity contribution in [2.75, 3.05) is 19.0 Å². The first-order valence-electron chi connectivity index (χ1n) is 6.42. The van der Waals surface area contributed by atoms with E-state index < -0.39 is 6.04 Å². The van der Waals surface area contributed by atoms with Gasteiger partial charge in [0.05, 0.1) is 6.04 Å². The topological polar surface area (TPSA) is 91.0 Å². The number of nitrogens with zero attached hydrogens (tertiary/aromatic N) is 2. The van der Waals surface area contributed by atoms with Gasteiger partial charge < -0.3 is 21.2 Å². The van der Waals surface area contributed by atoms with E-state index in [-0.39, 0.29) is 17.7 Å². The van der Waals surface area contributed by atoms with Gasteiger partial charge in [-0.2, -0.15) is 0 Å². The second-order valence-corrected chi connectivity index (χ2v) is 5.16. The smallest absolute Gasteiger partial charge is 0.251 e.